The van der Waals surface area contributed by atoms with E-state index in [0.717, 1.165) is 23.4 Å². The fraction of sp³-hybridized carbons (Fsp3) is 0.286. The highest BCUT2D eigenvalue weighted by atomic mass is 19.1. The topological polar surface area (TPSA) is 89.1 Å². The number of hydrogen-bond donors (Lipinski definition) is 2. The number of rotatable bonds is 4. The van der Waals surface area contributed by atoms with Crippen molar-refractivity contribution in [3.63, 3.8) is 0 Å². The van der Waals surface area contributed by atoms with Gasteiger partial charge < -0.3 is 10.6 Å². The monoisotopic (exact) mass is 394 g/mol. The lowest BCUT2D eigenvalue weighted by molar-refractivity contribution is 0.117. The van der Waals surface area contributed by atoms with Gasteiger partial charge in [0.1, 0.15) is 5.82 Å². The van der Waals surface area contributed by atoms with Gasteiger partial charge in [-0.25, -0.2) is 14.2 Å². The summed E-state index contributed by atoms with van der Waals surface area (Å²) in [4.78, 5) is 18.8. The molecule has 0 saturated carbocycles. The normalized spacial score (nSPS) is 14.0. The molecule has 2 amide bonds. The number of aromatic nitrogens is 3. The van der Waals surface area contributed by atoms with Gasteiger partial charge in [0.05, 0.1) is 17.1 Å². The van der Waals surface area contributed by atoms with Gasteiger partial charge in [0.2, 0.25) is 0 Å². The molecule has 4 rings (SSSR count). The summed E-state index contributed by atoms with van der Waals surface area (Å²) in [6.45, 7) is 5.87. The summed E-state index contributed by atoms with van der Waals surface area (Å²) in [5, 5.41) is 7.18. The molecule has 29 heavy (non-hydrogen) atoms. The molecule has 1 aromatic carbocycles. The van der Waals surface area contributed by atoms with E-state index >= 15 is 0 Å². The van der Waals surface area contributed by atoms with E-state index in [9.17, 15) is 9.18 Å². The molecule has 7 nitrogen and oxygen atoms in total. The summed E-state index contributed by atoms with van der Waals surface area (Å²) in [6.07, 6.45) is 1.95. The lowest BCUT2D eigenvalue weighted by Gasteiger charge is -2.39. The molecular formula is C21H23FN6O. The number of anilines is 2. The van der Waals surface area contributed by atoms with E-state index in [-0.39, 0.29) is 11.8 Å². The van der Waals surface area contributed by atoms with Crippen LogP contribution in [0.5, 0.6) is 0 Å². The number of halogens is 1. The van der Waals surface area contributed by atoms with Gasteiger partial charge in [-0.3, -0.25) is 10.00 Å². The average molecular weight is 394 g/mol. The van der Waals surface area contributed by atoms with Crippen molar-refractivity contribution in [1.82, 2.24) is 19.7 Å². The molecule has 0 atom stereocenters. The molecule has 3 heterocycles. The van der Waals surface area contributed by atoms with E-state index in [1.165, 1.54) is 12.1 Å². The fourth-order valence-electron chi connectivity index (χ4n) is 3.50. The third-order valence-electron chi connectivity index (χ3n) is 5.08. The van der Waals surface area contributed by atoms with E-state index in [0.29, 0.717) is 36.2 Å². The van der Waals surface area contributed by atoms with Crippen LogP contribution in [0.15, 0.2) is 42.6 Å². The van der Waals surface area contributed by atoms with Crippen LogP contribution in [-0.2, 0) is 6.54 Å². The Kier molecular flexibility index (Phi) is 4.92. The molecule has 0 aliphatic carbocycles. The van der Waals surface area contributed by atoms with Crippen LogP contribution >= 0.6 is 0 Å². The lowest BCUT2D eigenvalue weighted by Crippen LogP contribution is -2.53. The highest BCUT2D eigenvalue weighted by Crippen LogP contribution is 2.27. The zero-order chi connectivity index (χ0) is 20.5. The molecule has 1 aliphatic heterocycles. The summed E-state index contributed by atoms with van der Waals surface area (Å²) in [7, 11) is 0. The third-order valence-corrected chi connectivity index (χ3v) is 5.08. The lowest BCUT2D eigenvalue weighted by atomic mass is 10.0. The average Bonchev–Trinajstić information content (AvgIpc) is 3.05. The Hall–Kier alpha value is -3.42. The first-order valence-electron chi connectivity index (χ1n) is 9.48. The van der Waals surface area contributed by atoms with Gasteiger partial charge in [-0.05, 0) is 55.8 Å². The zero-order valence-electron chi connectivity index (χ0n) is 16.4. The Morgan fingerprint density at radius 3 is 2.72 bits per heavy atom. The molecule has 3 aromatic rings. The minimum Gasteiger partial charge on any atom is -0.396 e. The van der Waals surface area contributed by atoms with Gasteiger partial charge in [0.25, 0.3) is 0 Å². The number of hydrogen-bond acceptors (Lipinski definition) is 4. The van der Waals surface area contributed by atoms with E-state index in [2.05, 4.69) is 15.4 Å². The number of urea groups is 1. The summed E-state index contributed by atoms with van der Waals surface area (Å²) >= 11 is 0. The number of nitrogens with one attached hydrogen (secondary N) is 1. The summed E-state index contributed by atoms with van der Waals surface area (Å²) in [5.74, 6) is 0.383. The minimum absolute atomic E-state index is 0.231. The maximum Gasteiger partial charge on any atom is 0.323 e. The van der Waals surface area contributed by atoms with Crippen molar-refractivity contribution in [1.29, 1.82) is 0 Å². The molecule has 1 fully saturated rings. The fourth-order valence-corrected chi connectivity index (χ4v) is 3.50. The van der Waals surface area contributed by atoms with Gasteiger partial charge >= 0.3 is 6.03 Å². The molecular weight excluding hydrogens is 371 g/mol. The van der Waals surface area contributed by atoms with Crippen molar-refractivity contribution in [2.75, 3.05) is 24.1 Å². The number of nitrogens with two attached hydrogens (primary N) is 1. The first-order chi connectivity index (χ1) is 13.9. The smallest absolute Gasteiger partial charge is 0.323 e. The van der Waals surface area contributed by atoms with Crippen molar-refractivity contribution < 1.29 is 9.18 Å². The number of amides is 2. The summed E-state index contributed by atoms with van der Waals surface area (Å²) < 4.78 is 15.3. The molecule has 0 radical (unpaired) electrons. The summed E-state index contributed by atoms with van der Waals surface area (Å²) in [6, 6.07) is 9.70. The van der Waals surface area contributed by atoms with Crippen molar-refractivity contribution in [3.8, 4) is 11.3 Å². The molecule has 0 spiro atoms. The number of nitrogens with zero attached hydrogens (tertiary/aromatic N) is 4. The maximum absolute atomic E-state index is 13.4. The first-order valence-corrected chi connectivity index (χ1v) is 9.48. The number of pyridine rings is 1. The van der Waals surface area contributed by atoms with Gasteiger partial charge in [0, 0.05) is 37.3 Å². The quantitative estimate of drug-likeness (QED) is 0.709. The second-order valence-corrected chi connectivity index (χ2v) is 7.47. The van der Waals surface area contributed by atoms with Crippen molar-refractivity contribution in [2.45, 2.75) is 20.4 Å². The van der Waals surface area contributed by atoms with E-state index in [4.69, 9.17) is 5.73 Å². The van der Waals surface area contributed by atoms with Crippen LogP contribution in [0.25, 0.3) is 11.3 Å². The maximum atomic E-state index is 13.4. The molecule has 0 unspecified atom stereocenters. The van der Waals surface area contributed by atoms with E-state index in [1.807, 2.05) is 30.8 Å². The predicted octanol–water partition coefficient (Wildman–Crippen LogP) is 3.45. The number of aryl methyl sites for hydroxylation is 2. The first kappa shape index (κ1) is 18.9. The van der Waals surface area contributed by atoms with Crippen LogP contribution < -0.4 is 11.1 Å². The Balaban J connectivity index is 1.41. The van der Waals surface area contributed by atoms with Gasteiger partial charge in [0.15, 0.2) is 5.82 Å². The van der Waals surface area contributed by atoms with Crippen LogP contribution in [0.4, 0.5) is 20.7 Å². The second-order valence-electron chi connectivity index (χ2n) is 7.47. The van der Waals surface area contributed by atoms with Crippen LogP contribution in [0.2, 0.25) is 0 Å². The highest BCUT2D eigenvalue weighted by molar-refractivity contribution is 5.92. The number of carbonyl (C=O) groups is 1. The van der Waals surface area contributed by atoms with Crippen LogP contribution in [-0.4, -0.2) is 38.8 Å². The third kappa shape index (κ3) is 4.06. The molecule has 1 aliphatic rings. The molecule has 150 valence electrons. The number of carbonyl (C=O) groups excluding carboxylic acids is 1. The standard InChI is InChI=1S/C21H23FN6O/c1-13-9-16(22)3-4-17(13)19-6-5-18(23)20(24-19)25-21(29)27-10-15(11-27)12-28-8-7-14(2)26-28/h3-9,15H,10-12,23H2,1-2H3,(H,24,25,29). The SMILES string of the molecule is Cc1ccn(CC2CN(C(=O)Nc3nc(-c4ccc(F)cc4C)ccc3N)C2)n1. The minimum atomic E-state index is -0.298. The van der Waals surface area contributed by atoms with Crippen LogP contribution in [0.3, 0.4) is 0 Å². The predicted molar refractivity (Wildman–Crippen MR) is 110 cm³/mol. The molecule has 8 heteroatoms. The number of likely N-dealkylation sites (tertiary alicyclic amines) is 1. The number of benzene rings is 1. The number of nitrogen functional groups attached to an aromatic ring is 1. The Morgan fingerprint density at radius 1 is 1.24 bits per heavy atom. The van der Waals surface area contributed by atoms with E-state index in [1.54, 1.807) is 23.1 Å². The Morgan fingerprint density at radius 2 is 2.03 bits per heavy atom. The molecule has 2 aromatic heterocycles. The molecule has 3 N–H and O–H groups in total. The van der Waals surface area contributed by atoms with Gasteiger partial charge in [-0.15, -0.1) is 0 Å². The Labute approximate surface area is 168 Å². The zero-order valence-corrected chi connectivity index (χ0v) is 16.4. The molecule has 0 bridgehead atoms. The van der Waals surface area contributed by atoms with Gasteiger partial charge in [-0.1, -0.05) is 0 Å². The van der Waals surface area contributed by atoms with E-state index < -0.39 is 0 Å². The van der Waals surface area contributed by atoms with Crippen LogP contribution in [0, 0.1) is 25.6 Å². The largest absolute Gasteiger partial charge is 0.396 e. The van der Waals surface area contributed by atoms with Crippen molar-refractivity contribution >= 4 is 17.5 Å². The van der Waals surface area contributed by atoms with Crippen molar-refractivity contribution in [3.05, 3.63) is 59.7 Å². The van der Waals surface area contributed by atoms with Gasteiger partial charge in [-0.2, -0.15) is 5.10 Å². The summed E-state index contributed by atoms with van der Waals surface area (Å²) in [5.41, 5.74) is 9.55. The molecule has 1 saturated heterocycles. The van der Waals surface area contributed by atoms with Crippen LogP contribution in [0.1, 0.15) is 11.3 Å². The second kappa shape index (κ2) is 7.54. The highest BCUT2D eigenvalue weighted by Gasteiger charge is 2.31. The Bertz CT molecular complexity index is 1060. The van der Waals surface area contributed by atoms with Crippen molar-refractivity contribution in [2.24, 2.45) is 5.92 Å².